The van der Waals surface area contributed by atoms with Gasteiger partial charge in [-0.3, -0.25) is 4.79 Å². The summed E-state index contributed by atoms with van der Waals surface area (Å²) in [5, 5.41) is 6.63. The number of nitrogens with one attached hydrogen (secondary N) is 1. The van der Waals surface area contributed by atoms with Gasteiger partial charge in [0.2, 0.25) is 0 Å². The molecule has 26 heavy (non-hydrogen) atoms. The number of thiophene rings is 1. The van der Waals surface area contributed by atoms with Crippen molar-refractivity contribution in [1.82, 2.24) is 0 Å². The molecule has 0 saturated carbocycles. The van der Waals surface area contributed by atoms with Crippen molar-refractivity contribution in [1.29, 1.82) is 0 Å². The minimum atomic E-state index is -0.553. The van der Waals surface area contributed by atoms with Crippen LogP contribution in [0.25, 0.3) is 17.2 Å². The highest BCUT2D eigenvalue weighted by atomic mass is 32.1. The molecule has 1 aromatic heterocycles. The lowest BCUT2D eigenvalue weighted by atomic mass is 10.0. The first kappa shape index (κ1) is 17.6. The van der Waals surface area contributed by atoms with E-state index in [1.165, 1.54) is 6.08 Å². The topological polar surface area (TPSA) is 55.4 Å². The maximum Gasteiger partial charge on any atom is 0.331 e. The summed E-state index contributed by atoms with van der Waals surface area (Å²) in [5.74, 6) is -0.937. The number of carbonyl (C=O) groups is 2. The molecule has 0 bridgehead atoms. The maximum atomic E-state index is 12.1. The van der Waals surface area contributed by atoms with Crippen LogP contribution in [0.2, 0.25) is 0 Å². The van der Waals surface area contributed by atoms with Crippen LogP contribution in [0.1, 0.15) is 5.56 Å². The maximum absolute atomic E-state index is 12.1. The first-order chi connectivity index (χ1) is 12.7. The van der Waals surface area contributed by atoms with Gasteiger partial charge in [0.1, 0.15) is 0 Å². The lowest BCUT2D eigenvalue weighted by Crippen LogP contribution is -2.20. The number of para-hydroxylation sites is 1. The standard InChI is InChI=1S/C21H17NO3S/c23-20(14-25-21(24)11-10-16-12-13-26-15-16)22-19-9-5-4-8-18(19)17-6-2-1-3-7-17/h1-13,15H,14H2,(H,22,23)/b11-10+. The predicted molar refractivity (Wildman–Crippen MR) is 105 cm³/mol. The average molecular weight is 363 g/mol. The Morgan fingerprint density at radius 1 is 1.00 bits per heavy atom. The average Bonchev–Trinajstić information content (AvgIpc) is 3.19. The van der Waals surface area contributed by atoms with E-state index in [1.807, 2.05) is 71.4 Å². The van der Waals surface area contributed by atoms with Crippen LogP contribution in [0, 0.1) is 0 Å². The van der Waals surface area contributed by atoms with Crippen molar-refractivity contribution < 1.29 is 14.3 Å². The zero-order valence-corrected chi connectivity index (χ0v) is 14.7. The molecule has 1 N–H and O–H groups in total. The van der Waals surface area contributed by atoms with Gasteiger partial charge in [-0.2, -0.15) is 11.3 Å². The third-order valence-corrected chi connectivity index (χ3v) is 4.29. The fourth-order valence-corrected chi connectivity index (χ4v) is 3.00. The Labute approximate surface area is 155 Å². The number of benzene rings is 2. The van der Waals surface area contributed by atoms with E-state index in [9.17, 15) is 9.59 Å². The Kier molecular flexibility index (Phi) is 5.96. The number of carbonyl (C=O) groups excluding carboxylic acids is 2. The second-order valence-electron chi connectivity index (χ2n) is 5.46. The summed E-state index contributed by atoms with van der Waals surface area (Å²) in [7, 11) is 0. The minimum absolute atomic E-state index is 0.337. The van der Waals surface area contributed by atoms with Crippen molar-refractivity contribution in [3.8, 4) is 11.1 Å². The Morgan fingerprint density at radius 2 is 1.77 bits per heavy atom. The van der Waals surface area contributed by atoms with Gasteiger partial charge in [0, 0.05) is 17.3 Å². The predicted octanol–water partition coefficient (Wildman–Crippen LogP) is 4.61. The van der Waals surface area contributed by atoms with Gasteiger partial charge in [-0.1, -0.05) is 48.5 Å². The molecule has 0 aliphatic carbocycles. The molecule has 0 aliphatic heterocycles. The molecule has 0 spiro atoms. The second-order valence-corrected chi connectivity index (χ2v) is 6.24. The van der Waals surface area contributed by atoms with E-state index in [0.717, 1.165) is 16.7 Å². The molecular formula is C21H17NO3S. The van der Waals surface area contributed by atoms with Crippen LogP contribution >= 0.6 is 11.3 Å². The van der Waals surface area contributed by atoms with Crippen molar-refractivity contribution in [2.24, 2.45) is 0 Å². The zero-order chi connectivity index (χ0) is 18.2. The molecule has 1 heterocycles. The van der Waals surface area contributed by atoms with Gasteiger partial charge < -0.3 is 10.1 Å². The van der Waals surface area contributed by atoms with Gasteiger partial charge in [-0.15, -0.1) is 0 Å². The fourth-order valence-electron chi connectivity index (χ4n) is 2.37. The van der Waals surface area contributed by atoms with E-state index in [4.69, 9.17) is 4.74 Å². The smallest absolute Gasteiger partial charge is 0.331 e. The van der Waals surface area contributed by atoms with Crippen molar-refractivity contribution >= 4 is 35.0 Å². The highest BCUT2D eigenvalue weighted by Gasteiger charge is 2.09. The van der Waals surface area contributed by atoms with Crippen molar-refractivity contribution in [2.45, 2.75) is 0 Å². The Morgan fingerprint density at radius 3 is 2.54 bits per heavy atom. The number of hydrogen-bond acceptors (Lipinski definition) is 4. The van der Waals surface area contributed by atoms with Crippen molar-refractivity contribution in [3.05, 3.63) is 83.1 Å². The molecule has 0 atom stereocenters. The molecular weight excluding hydrogens is 346 g/mol. The molecule has 3 rings (SSSR count). The molecule has 0 fully saturated rings. The molecule has 0 unspecified atom stereocenters. The van der Waals surface area contributed by atoms with E-state index < -0.39 is 5.97 Å². The van der Waals surface area contributed by atoms with Crippen LogP contribution in [-0.2, 0) is 14.3 Å². The van der Waals surface area contributed by atoms with E-state index in [1.54, 1.807) is 17.4 Å². The summed E-state index contributed by atoms with van der Waals surface area (Å²) in [6.45, 7) is -0.337. The summed E-state index contributed by atoms with van der Waals surface area (Å²) >= 11 is 1.54. The van der Waals surface area contributed by atoms with Crippen LogP contribution in [0.5, 0.6) is 0 Å². The number of esters is 1. The van der Waals surface area contributed by atoms with Gasteiger partial charge in [0.05, 0.1) is 0 Å². The minimum Gasteiger partial charge on any atom is -0.452 e. The Bertz CT molecular complexity index is 902. The molecule has 0 radical (unpaired) electrons. The first-order valence-corrected chi connectivity index (χ1v) is 8.98. The largest absolute Gasteiger partial charge is 0.452 e. The number of ether oxygens (including phenoxy) is 1. The number of rotatable bonds is 6. The van der Waals surface area contributed by atoms with E-state index in [-0.39, 0.29) is 12.5 Å². The normalized spacial score (nSPS) is 10.6. The Balaban J connectivity index is 1.58. The zero-order valence-electron chi connectivity index (χ0n) is 13.9. The van der Waals surface area contributed by atoms with Crippen LogP contribution in [0.4, 0.5) is 5.69 Å². The molecule has 1 amide bonds. The first-order valence-electron chi connectivity index (χ1n) is 8.04. The highest BCUT2D eigenvalue weighted by molar-refractivity contribution is 7.08. The van der Waals surface area contributed by atoms with E-state index >= 15 is 0 Å². The van der Waals surface area contributed by atoms with Gasteiger partial charge in [-0.25, -0.2) is 4.79 Å². The van der Waals surface area contributed by atoms with Gasteiger partial charge in [0.25, 0.3) is 5.91 Å². The molecule has 4 nitrogen and oxygen atoms in total. The number of anilines is 1. The summed E-state index contributed by atoms with van der Waals surface area (Å²) in [6.07, 6.45) is 2.97. The van der Waals surface area contributed by atoms with Gasteiger partial charge in [-0.05, 0) is 40.1 Å². The van der Waals surface area contributed by atoms with Crippen LogP contribution in [-0.4, -0.2) is 18.5 Å². The number of hydrogen-bond donors (Lipinski definition) is 1. The monoisotopic (exact) mass is 363 g/mol. The quantitative estimate of drug-likeness (QED) is 0.514. The summed E-state index contributed by atoms with van der Waals surface area (Å²) in [4.78, 5) is 23.8. The van der Waals surface area contributed by atoms with E-state index in [0.29, 0.717) is 5.69 Å². The fraction of sp³-hybridized carbons (Fsp3) is 0.0476. The van der Waals surface area contributed by atoms with Crippen LogP contribution < -0.4 is 5.32 Å². The van der Waals surface area contributed by atoms with Crippen molar-refractivity contribution in [2.75, 3.05) is 11.9 Å². The lowest BCUT2D eigenvalue weighted by molar-refractivity contribution is -0.142. The second kappa shape index (κ2) is 8.78. The highest BCUT2D eigenvalue weighted by Crippen LogP contribution is 2.27. The number of amides is 1. The lowest BCUT2D eigenvalue weighted by Gasteiger charge is -2.11. The molecule has 2 aromatic carbocycles. The molecule has 5 heteroatoms. The SMILES string of the molecule is O=C(COC(=O)/C=C/c1ccsc1)Nc1ccccc1-c1ccccc1. The molecule has 0 aliphatic rings. The van der Waals surface area contributed by atoms with Crippen molar-refractivity contribution in [3.63, 3.8) is 0 Å². The van der Waals surface area contributed by atoms with Gasteiger partial charge >= 0.3 is 5.97 Å². The third kappa shape index (κ3) is 4.91. The van der Waals surface area contributed by atoms with E-state index in [2.05, 4.69) is 5.32 Å². The summed E-state index contributed by atoms with van der Waals surface area (Å²) in [5.41, 5.74) is 3.51. The molecule has 130 valence electrons. The Hall–Kier alpha value is -3.18. The van der Waals surface area contributed by atoms with Gasteiger partial charge in [0.15, 0.2) is 6.61 Å². The van der Waals surface area contributed by atoms with Crippen LogP contribution in [0.15, 0.2) is 77.5 Å². The third-order valence-electron chi connectivity index (χ3n) is 3.59. The summed E-state index contributed by atoms with van der Waals surface area (Å²) in [6, 6.07) is 19.2. The molecule has 0 saturated heterocycles. The summed E-state index contributed by atoms with van der Waals surface area (Å²) < 4.78 is 4.99. The van der Waals surface area contributed by atoms with Crippen LogP contribution in [0.3, 0.4) is 0 Å². The molecule has 3 aromatic rings.